The highest BCUT2D eigenvalue weighted by atomic mass is 35.5. The van der Waals surface area contributed by atoms with Gasteiger partial charge in [0.25, 0.3) is 0 Å². The van der Waals surface area contributed by atoms with Crippen molar-refractivity contribution in [1.29, 1.82) is 0 Å². The third-order valence-corrected chi connectivity index (χ3v) is 4.96. The van der Waals surface area contributed by atoms with Crippen LogP contribution in [-0.2, 0) is 20.1 Å². The largest absolute Gasteiger partial charge is 0.492 e. The second-order valence-electron chi connectivity index (χ2n) is 6.39. The molecule has 1 aliphatic heterocycles. The van der Waals surface area contributed by atoms with Gasteiger partial charge in [0.1, 0.15) is 18.2 Å². The molecule has 0 saturated heterocycles. The molecule has 1 atom stereocenters. The van der Waals surface area contributed by atoms with Crippen molar-refractivity contribution in [2.24, 2.45) is 7.05 Å². The number of halogens is 1. The summed E-state index contributed by atoms with van der Waals surface area (Å²) >= 11 is 6.10. The molecule has 0 saturated carbocycles. The first-order chi connectivity index (χ1) is 11.6. The van der Waals surface area contributed by atoms with Crippen LogP contribution in [0, 0.1) is 0 Å². The monoisotopic (exact) mass is 341 g/mol. The van der Waals surface area contributed by atoms with Crippen molar-refractivity contribution in [3.05, 3.63) is 58.9 Å². The lowest BCUT2D eigenvalue weighted by atomic mass is 10.2. The Bertz CT molecular complexity index is 889. The fourth-order valence-electron chi connectivity index (χ4n) is 3.22. The smallest absolute Gasteiger partial charge is 0.123 e. The summed E-state index contributed by atoms with van der Waals surface area (Å²) in [6, 6.07) is 14.4. The van der Waals surface area contributed by atoms with Gasteiger partial charge in [-0.15, -0.1) is 0 Å². The summed E-state index contributed by atoms with van der Waals surface area (Å²) in [6.07, 6.45) is 0. The van der Waals surface area contributed by atoms with Crippen LogP contribution in [0.2, 0.25) is 5.02 Å². The molecule has 0 spiro atoms. The highest BCUT2D eigenvalue weighted by molar-refractivity contribution is 6.31. The van der Waals surface area contributed by atoms with Crippen LogP contribution in [0.15, 0.2) is 42.5 Å². The first-order valence-electron chi connectivity index (χ1n) is 8.17. The Hall–Kier alpha value is -2.04. The highest BCUT2D eigenvalue weighted by Gasteiger charge is 2.23. The first-order valence-corrected chi connectivity index (χ1v) is 8.55. The molecule has 2 aromatic carbocycles. The molecule has 0 bridgehead atoms. The predicted octanol–water partition coefficient (Wildman–Crippen LogP) is 4.01. The number of hydrogen-bond donors (Lipinski definition) is 0. The maximum atomic E-state index is 6.10. The van der Waals surface area contributed by atoms with E-state index in [9.17, 15) is 0 Å². The molecule has 124 valence electrons. The van der Waals surface area contributed by atoms with Crippen LogP contribution in [0.1, 0.15) is 18.3 Å². The van der Waals surface area contributed by atoms with Gasteiger partial charge in [-0.05, 0) is 31.2 Å². The van der Waals surface area contributed by atoms with Crippen LogP contribution < -0.4 is 4.74 Å². The van der Waals surface area contributed by atoms with Gasteiger partial charge >= 0.3 is 0 Å². The molecule has 1 unspecified atom stereocenters. The lowest BCUT2D eigenvalue weighted by Gasteiger charge is -2.25. The lowest BCUT2D eigenvalue weighted by molar-refractivity contribution is 0.147. The Morgan fingerprint density at radius 1 is 1.25 bits per heavy atom. The average molecular weight is 342 g/mol. The molecule has 0 N–H and O–H groups in total. The SMILES string of the molecule is CC1COc2ccccc2CN1Cc1nc2cc(Cl)ccc2n1C. The Labute approximate surface area is 146 Å². The summed E-state index contributed by atoms with van der Waals surface area (Å²) < 4.78 is 8.10. The Kier molecular flexibility index (Phi) is 3.94. The van der Waals surface area contributed by atoms with Gasteiger partial charge in [0.05, 0.1) is 17.6 Å². The molecule has 3 aromatic rings. The summed E-state index contributed by atoms with van der Waals surface area (Å²) in [4.78, 5) is 7.20. The molecule has 0 amide bonds. The van der Waals surface area contributed by atoms with Crippen LogP contribution >= 0.6 is 11.6 Å². The van der Waals surface area contributed by atoms with Gasteiger partial charge < -0.3 is 9.30 Å². The van der Waals surface area contributed by atoms with E-state index in [1.165, 1.54) is 5.56 Å². The maximum absolute atomic E-state index is 6.10. The van der Waals surface area contributed by atoms with Gasteiger partial charge in [0.15, 0.2) is 0 Å². The highest BCUT2D eigenvalue weighted by Crippen LogP contribution is 2.26. The molecule has 24 heavy (non-hydrogen) atoms. The van der Waals surface area contributed by atoms with Gasteiger partial charge in [0.2, 0.25) is 0 Å². The fourth-order valence-corrected chi connectivity index (χ4v) is 3.39. The summed E-state index contributed by atoms with van der Waals surface area (Å²) in [6.45, 7) is 4.53. The summed E-state index contributed by atoms with van der Waals surface area (Å²) in [5, 5.41) is 0.720. The van der Waals surface area contributed by atoms with Crippen LogP contribution in [0.4, 0.5) is 0 Å². The van der Waals surface area contributed by atoms with Crippen molar-refractivity contribution in [3.63, 3.8) is 0 Å². The number of ether oxygens (including phenoxy) is 1. The fraction of sp³-hybridized carbons (Fsp3) is 0.316. The second-order valence-corrected chi connectivity index (χ2v) is 6.83. The van der Waals surface area contributed by atoms with E-state index in [0.717, 1.165) is 40.7 Å². The van der Waals surface area contributed by atoms with Crippen LogP contribution in [-0.4, -0.2) is 27.1 Å². The molecule has 0 fully saturated rings. The lowest BCUT2D eigenvalue weighted by Crippen LogP contribution is -2.35. The third kappa shape index (κ3) is 2.76. The summed E-state index contributed by atoms with van der Waals surface area (Å²) in [7, 11) is 2.06. The number of imidazole rings is 1. The molecule has 4 nitrogen and oxygen atoms in total. The normalized spacial score (nSPS) is 18.2. The quantitative estimate of drug-likeness (QED) is 0.705. The third-order valence-electron chi connectivity index (χ3n) is 4.73. The van der Waals surface area contributed by atoms with Crippen molar-refractivity contribution in [3.8, 4) is 5.75 Å². The van der Waals surface area contributed by atoms with E-state index in [1.807, 2.05) is 30.3 Å². The van der Waals surface area contributed by atoms with E-state index < -0.39 is 0 Å². The van der Waals surface area contributed by atoms with Crippen LogP contribution in [0.25, 0.3) is 11.0 Å². The zero-order valence-corrected chi connectivity index (χ0v) is 14.6. The molecule has 1 aliphatic rings. The van der Waals surface area contributed by atoms with Crippen LogP contribution in [0.3, 0.4) is 0 Å². The first kappa shape index (κ1) is 15.5. The Morgan fingerprint density at radius 2 is 2.08 bits per heavy atom. The molecule has 5 heteroatoms. The van der Waals surface area contributed by atoms with Crippen LogP contribution in [0.5, 0.6) is 5.75 Å². The van der Waals surface area contributed by atoms with E-state index in [0.29, 0.717) is 12.6 Å². The van der Waals surface area contributed by atoms with Gasteiger partial charge in [-0.1, -0.05) is 29.8 Å². The van der Waals surface area contributed by atoms with Crippen molar-refractivity contribution in [2.75, 3.05) is 6.61 Å². The number of fused-ring (bicyclic) bond motifs is 2. The van der Waals surface area contributed by atoms with Crippen molar-refractivity contribution >= 4 is 22.6 Å². The van der Waals surface area contributed by atoms with Gasteiger partial charge in [-0.3, -0.25) is 4.90 Å². The number of nitrogens with zero attached hydrogens (tertiary/aromatic N) is 3. The second kappa shape index (κ2) is 6.11. The topological polar surface area (TPSA) is 30.3 Å². The zero-order chi connectivity index (χ0) is 16.7. The maximum Gasteiger partial charge on any atom is 0.123 e. The molecule has 1 aromatic heterocycles. The predicted molar refractivity (Wildman–Crippen MR) is 96.4 cm³/mol. The summed E-state index contributed by atoms with van der Waals surface area (Å²) in [5.41, 5.74) is 3.27. The van der Waals surface area contributed by atoms with Crippen molar-refractivity contribution < 1.29 is 4.74 Å². The van der Waals surface area contributed by atoms with E-state index in [1.54, 1.807) is 0 Å². The van der Waals surface area contributed by atoms with Gasteiger partial charge in [-0.2, -0.15) is 0 Å². The molecular formula is C19H20ClN3O. The molecule has 2 heterocycles. The van der Waals surface area contributed by atoms with Crippen molar-refractivity contribution in [2.45, 2.75) is 26.1 Å². The number of benzene rings is 2. The number of aryl methyl sites for hydroxylation is 1. The molecule has 0 aliphatic carbocycles. The van der Waals surface area contributed by atoms with Crippen molar-refractivity contribution in [1.82, 2.24) is 14.5 Å². The van der Waals surface area contributed by atoms with Gasteiger partial charge in [0, 0.05) is 30.2 Å². The number of hydrogen-bond acceptors (Lipinski definition) is 3. The minimum absolute atomic E-state index is 0.320. The number of rotatable bonds is 2. The number of para-hydroxylation sites is 1. The summed E-state index contributed by atoms with van der Waals surface area (Å²) in [5.74, 6) is 2.03. The van der Waals surface area contributed by atoms with E-state index in [2.05, 4.69) is 35.6 Å². The molecule has 4 rings (SSSR count). The van der Waals surface area contributed by atoms with E-state index in [4.69, 9.17) is 21.3 Å². The van der Waals surface area contributed by atoms with E-state index in [-0.39, 0.29) is 0 Å². The van der Waals surface area contributed by atoms with E-state index >= 15 is 0 Å². The molecular weight excluding hydrogens is 322 g/mol. The standard InChI is InChI=1S/C19H20ClN3O/c1-13-12-24-18-6-4-3-5-14(18)10-23(13)11-19-21-16-9-15(20)7-8-17(16)22(19)2/h3-9,13H,10-12H2,1-2H3. The minimum Gasteiger partial charge on any atom is -0.492 e. The number of aromatic nitrogens is 2. The average Bonchev–Trinajstić information content (AvgIpc) is 2.78. The minimum atomic E-state index is 0.320. The van der Waals surface area contributed by atoms with Gasteiger partial charge in [-0.25, -0.2) is 4.98 Å². The molecule has 0 radical (unpaired) electrons. The Balaban J connectivity index is 1.66. The Morgan fingerprint density at radius 3 is 2.96 bits per heavy atom. The zero-order valence-electron chi connectivity index (χ0n) is 13.9.